The van der Waals surface area contributed by atoms with Gasteiger partial charge in [0.05, 0.1) is 6.10 Å². The summed E-state index contributed by atoms with van der Waals surface area (Å²) >= 11 is 6.00. The summed E-state index contributed by atoms with van der Waals surface area (Å²) in [5, 5.41) is 20.5. The van der Waals surface area contributed by atoms with Crippen LogP contribution in [0, 0.1) is 5.41 Å². The van der Waals surface area contributed by atoms with E-state index < -0.39 is 0 Å². The summed E-state index contributed by atoms with van der Waals surface area (Å²) in [6.07, 6.45) is 1.32. The molecule has 0 aliphatic rings. The molecule has 0 fully saturated rings. The number of aliphatic hydroxyl groups is 1. The first-order valence-electron chi connectivity index (χ1n) is 6.44. The molecule has 1 heterocycles. The van der Waals surface area contributed by atoms with Crippen molar-refractivity contribution >= 4 is 11.6 Å². The van der Waals surface area contributed by atoms with Crippen LogP contribution in [-0.2, 0) is 13.0 Å². The van der Waals surface area contributed by atoms with Crippen molar-refractivity contribution in [2.45, 2.75) is 53.2 Å². The summed E-state index contributed by atoms with van der Waals surface area (Å²) in [6, 6.07) is 0. The molecule has 0 radical (unpaired) electrons. The molecule has 0 saturated carbocycles. The topological polar surface area (TPSA) is 60.9 Å². The molecule has 3 N–H and O–H groups in total. The Morgan fingerprint density at radius 2 is 2.11 bits per heavy atom. The van der Waals surface area contributed by atoms with Gasteiger partial charge in [-0.1, -0.05) is 39.3 Å². The summed E-state index contributed by atoms with van der Waals surface area (Å²) in [4.78, 5) is 0. The van der Waals surface area contributed by atoms with E-state index in [1.165, 1.54) is 0 Å². The lowest BCUT2D eigenvalue weighted by Crippen LogP contribution is -2.30. The zero-order valence-electron chi connectivity index (χ0n) is 11.7. The standard InChI is InChI=1S/C13H24ClN3O/c1-5-11-10(12(14)17-16-11)8-15-7-9(18)6-13(2,3)4/h9,15,18H,5-8H2,1-4H3,(H,16,17). The van der Waals surface area contributed by atoms with E-state index in [0.29, 0.717) is 18.2 Å². The molecule has 0 bridgehead atoms. The number of hydrogen-bond donors (Lipinski definition) is 3. The van der Waals surface area contributed by atoms with E-state index in [1.54, 1.807) is 0 Å². The number of H-pyrrole nitrogens is 1. The summed E-state index contributed by atoms with van der Waals surface area (Å²) in [5.74, 6) is 0. The molecule has 0 aromatic carbocycles. The van der Waals surface area contributed by atoms with Crippen LogP contribution in [-0.4, -0.2) is 28.0 Å². The van der Waals surface area contributed by atoms with Crippen molar-refractivity contribution in [2.24, 2.45) is 5.41 Å². The fourth-order valence-electron chi connectivity index (χ4n) is 1.99. The highest BCUT2D eigenvalue weighted by Crippen LogP contribution is 2.21. The summed E-state index contributed by atoms with van der Waals surface area (Å²) in [6.45, 7) is 9.64. The maximum atomic E-state index is 9.89. The Labute approximate surface area is 114 Å². The van der Waals surface area contributed by atoms with Crippen molar-refractivity contribution in [2.75, 3.05) is 6.54 Å². The number of nitrogens with zero attached hydrogens (tertiary/aromatic N) is 1. The zero-order valence-corrected chi connectivity index (χ0v) is 12.4. The summed E-state index contributed by atoms with van der Waals surface area (Å²) in [5.41, 5.74) is 2.20. The Morgan fingerprint density at radius 3 is 2.67 bits per heavy atom. The predicted molar refractivity (Wildman–Crippen MR) is 74.8 cm³/mol. The molecule has 1 unspecified atom stereocenters. The highest BCUT2D eigenvalue weighted by molar-refractivity contribution is 6.30. The van der Waals surface area contributed by atoms with Gasteiger partial charge in [-0.05, 0) is 18.3 Å². The molecule has 1 aromatic heterocycles. The van der Waals surface area contributed by atoms with Gasteiger partial charge >= 0.3 is 0 Å². The number of hydrogen-bond acceptors (Lipinski definition) is 3. The second kappa shape index (κ2) is 6.55. The van der Waals surface area contributed by atoms with Gasteiger partial charge in [-0.25, -0.2) is 0 Å². The molecule has 0 aliphatic heterocycles. The fourth-order valence-corrected chi connectivity index (χ4v) is 2.21. The Balaban J connectivity index is 2.39. The first-order valence-corrected chi connectivity index (χ1v) is 6.81. The van der Waals surface area contributed by atoms with Crippen LogP contribution in [0.25, 0.3) is 0 Å². The minimum Gasteiger partial charge on any atom is -0.392 e. The second-order valence-corrected chi connectivity index (χ2v) is 6.23. The van der Waals surface area contributed by atoms with Gasteiger partial charge in [0.2, 0.25) is 0 Å². The lowest BCUT2D eigenvalue weighted by molar-refractivity contribution is 0.119. The summed E-state index contributed by atoms with van der Waals surface area (Å²) in [7, 11) is 0. The number of rotatable bonds is 6. The third kappa shape index (κ3) is 4.96. The lowest BCUT2D eigenvalue weighted by Gasteiger charge is -2.22. The van der Waals surface area contributed by atoms with Gasteiger partial charge in [-0.3, -0.25) is 5.10 Å². The van der Waals surface area contributed by atoms with Crippen LogP contribution in [0.2, 0.25) is 5.15 Å². The van der Waals surface area contributed by atoms with Crippen molar-refractivity contribution in [3.05, 3.63) is 16.4 Å². The predicted octanol–water partition coefficient (Wildman–Crippen LogP) is 2.51. The third-order valence-electron chi connectivity index (χ3n) is 2.79. The van der Waals surface area contributed by atoms with Gasteiger partial charge in [-0.15, -0.1) is 0 Å². The van der Waals surface area contributed by atoms with Crippen LogP contribution in [0.1, 0.15) is 45.4 Å². The van der Waals surface area contributed by atoms with Crippen molar-refractivity contribution in [3.63, 3.8) is 0 Å². The highest BCUT2D eigenvalue weighted by atomic mass is 35.5. The average Bonchev–Trinajstić information content (AvgIpc) is 2.57. The van der Waals surface area contributed by atoms with E-state index >= 15 is 0 Å². The number of aliphatic hydroxyl groups excluding tert-OH is 1. The molecule has 18 heavy (non-hydrogen) atoms. The number of aromatic nitrogens is 2. The largest absolute Gasteiger partial charge is 0.392 e. The molecule has 0 aliphatic carbocycles. The van der Waals surface area contributed by atoms with Gasteiger partial charge in [-0.2, -0.15) is 5.10 Å². The van der Waals surface area contributed by atoms with Crippen molar-refractivity contribution in [3.8, 4) is 0 Å². The average molecular weight is 274 g/mol. The molecular formula is C13H24ClN3O. The zero-order chi connectivity index (χ0) is 13.8. The molecule has 5 heteroatoms. The van der Waals surface area contributed by atoms with Crippen molar-refractivity contribution in [1.82, 2.24) is 15.5 Å². The number of aryl methyl sites for hydroxylation is 1. The monoisotopic (exact) mass is 273 g/mol. The molecule has 4 nitrogen and oxygen atoms in total. The van der Waals surface area contributed by atoms with Crippen LogP contribution in [0.15, 0.2) is 0 Å². The molecule has 1 atom stereocenters. The van der Waals surface area contributed by atoms with Crippen molar-refractivity contribution < 1.29 is 5.11 Å². The molecule has 1 rings (SSSR count). The number of halogens is 1. The van der Waals surface area contributed by atoms with E-state index in [1.807, 2.05) is 0 Å². The maximum absolute atomic E-state index is 9.89. The van der Waals surface area contributed by atoms with Crippen LogP contribution >= 0.6 is 11.6 Å². The maximum Gasteiger partial charge on any atom is 0.155 e. The van der Waals surface area contributed by atoms with Crippen LogP contribution < -0.4 is 5.32 Å². The molecular weight excluding hydrogens is 250 g/mol. The number of aromatic amines is 1. The van der Waals surface area contributed by atoms with Crippen molar-refractivity contribution in [1.29, 1.82) is 0 Å². The van der Waals surface area contributed by atoms with Crippen LogP contribution in [0.5, 0.6) is 0 Å². The first-order chi connectivity index (χ1) is 8.33. The van der Waals surface area contributed by atoms with Gasteiger partial charge in [0.25, 0.3) is 0 Å². The van der Waals surface area contributed by atoms with E-state index in [4.69, 9.17) is 11.6 Å². The third-order valence-corrected chi connectivity index (χ3v) is 3.10. The lowest BCUT2D eigenvalue weighted by atomic mass is 9.89. The van der Waals surface area contributed by atoms with E-state index in [-0.39, 0.29) is 11.5 Å². The fraction of sp³-hybridized carbons (Fsp3) is 0.769. The van der Waals surface area contributed by atoms with E-state index in [0.717, 1.165) is 24.1 Å². The molecule has 0 spiro atoms. The second-order valence-electron chi connectivity index (χ2n) is 5.87. The highest BCUT2D eigenvalue weighted by Gasteiger charge is 2.17. The molecule has 1 aromatic rings. The van der Waals surface area contributed by atoms with E-state index in [2.05, 4.69) is 43.2 Å². The van der Waals surface area contributed by atoms with Crippen LogP contribution in [0.4, 0.5) is 0 Å². The first kappa shape index (κ1) is 15.5. The normalized spacial score (nSPS) is 13.9. The quantitative estimate of drug-likeness (QED) is 0.746. The van der Waals surface area contributed by atoms with Gasteiger partial charge in [0, 0.05) is 24.3 Å². The molecule has 0 saturated heterocycles. The molecule has 104 valence electrons. The van der Waals surface area contributed by atoms with Gasteiger partial charge in [0.15, 0.2) is 5.15 Å². The Kier molecular flexibility index (Phi) is 5.63. The Morgan fingerprint density at radius 1 is 1.44 bits per heavy atom. The van der Waals surface area contributed by atoms with E-state index in [9.17, 15) is 5.11 Å². The molecule has 0 amide bonds. The minimum atomic E-state index is -0.333. The van der Waals surface area contributed by atoms with Gasteiger partial charge < -0.3 is 10.4 Å². The van der Waals surface area contributed by atoms with Gasteiger partial charge in [0.1, 0.15) is 0 Å². The smallest absolute Gasteiger partial charge is 0.155 e. The minimum absolute atomic E-state index is 0.142. The SMILES string of the molecule is CCc1[nH]nc(Cl)c1CNCC(O)CC(C)(C)C. The van der Waals surface area contributed by atoms with Crippen LogP contribution in [0.3, 0.4) is 0 Å². The number of nitrogens with one attached hydrogen (secondary N) is 2. The Bertz CT molecular complexity index is 371. The summed E-state index contributed by atoms with van der Waals surface area (Å²) < 4.78 is 0. The Hall–Kier alpha value is -0.580.